The molecule has 1 atom stereocenters. The van der Waals surface area contributed by atoms with Crippen molar-refractivity contribution in [2.75, 3.05) is 0 Å². The van der Waals surface area contributed by atoms with Crippen molar-refractivity contribution >= 4 is 12.2 Å². The number of hydrogen-bond donors (Lipinski definition) is 2. The van der Waals surface area contributed by atoms with E-state index in [1.54, 1.807) is 29.7 Å². The first kappa shape index (κ1) is 7.05. The zero-order valence-electron chi connectivity index (χ0n) is 6.14. The highest BCUT2D eigenvalue weighted by Gasteiger charge is 2.26. The van der Waals surface area contributed by atoms with Crippen molar-refractivity contribution in [3.8, 4) is 0 Å². The lowest BCUT2D eigenvalue weighted by atomic mass is 10.3. The highest BCUT2D eigenvalue weighted by Crippen LogP contribution is 2.13. The molecule has 2 rings (SSSR count). The fraction of sp³-hybridized carbons (Fsp3) is 0.143. The second-order valence-corrected chi connectivity index (χ2v) is 2.48. The fourth-order valence-electron chi connectivity index (χ4n) is 1.10. The third-order valence-electron chi connectivity index (χ3n) is 1.67. The van der Waals surface area contributed by atoms with Crippen LogP contribution in [-0.4, -0.2) is 28.3 Å². The standard InChI is InChI=1S/C7H7N3O2/c11-7(12)6-3-5-4-8-1-2-10(5)9-6/h1-4,6,9H,(H,11,12). The molecule has 2 N–H and O–H groups in total. The highest BCUT2D eigenvalue weighted by molar-refractivity contribution is 5.85. The lowest BCUT2D eigenvalue weighted by Crippen LogP contribution is -2.38. The Morgan fingerprint density at radius 2 is 2.58 bits per heavy atom. The number of carbonyl (C=O) groups is 1. The van der Waals surface area contributed by atoms with E-state index in [9.17, 15) is 4.79 Å². The van der Waals surface area contributed by atoms with E-state index in [1.807, 2.05) is 0 Å². The minimum atomic E-state index is -0.890. The Labute approximate surface area is 68.7 Å². The molecule has 0 aromatic carbocycles. The van der Waals surface area contributed by atoms with Gasteiger partial charge >= 0.3 is 5.97 Å². The zero-order chi connectivity index (χ0) is 8.55. The zero-order valence-corrected chi connectivity index (χ0v) is 6.14. The second kappa shape index (κ2) is 2.46. The van der Waals surface area contributed by atoms with Gasteiger partial charge in [0.2, 0.25) is 0 Å². The van der Waals surface area contributed by atoms with Gasteiger partial charge in [0.25, 0.3) is 0 Å². The average molecular weight is 165 g/mol. The molecule has 5 nitrogen and oxygen atoms in total. The predicted octanol–water partition coefficient (Wildman–Crippen LogP) is -0.301. The third-order valence-corrected chi connectivity index (χ3v) is 1.67. The maximum atomic E-state index is 10.5. The van der Waals surface area contributed by atoms with Crippen molar-refractivity contribution in [2.24, 2.45) is 4.99 Å². The van der Waals surface area contributed by atoms with Crippen molar-refractivity contribution in [3.63, 3.8) is 0 Å². The van der Waals surface area contributed by atoms with Gasteiger partial charge in [0.05, 0.1) is 11.9 Å². The number of rotatable bonds is 1. The number of hydrogen-bond acceptors (Lipinski definition) is 4. The minimum absolute atomic E-state index is 0.644. The summed E-state index contributed by atoms with van der Waals surface area (Å²) in [5.41, 5.74) is 3.52. The average Bonchev–Trinajstić information content (AvgIpc) is 2.46. The van der Waals surface area contributed by atoms with Crippen LogP contribution in [0.3, 0.4) is 0 Å². The first-order valence-electron chi connectivity index (χ1n) is 3.47. The number of nitrogens with zero attached hydrogens (tertiary/aromatic N) is 2. The molecular formula is C7H7N3O2. The van der Waals surface area contributed by atoms with Crippen LogP contribution in [0.15, 0.2) is 29.2 Å². The molecule has 62 valence electrons. The van der Waals surface area contributed by atoms with E-state index in [2.05, 4.69) is 10.4 Å². The van der Waals surface area contributed by atoms with Crippen molar-refractivity contribution in [1.82, 2.24) is 10.4 Å². The molecule has 0 saturated heterocycles. The van der Waals surface area contributed by atoms with Gasteiger partial charge in [0.15, 0.2) is 0 Å². The third kappa shape index (κ3) is 0.998. The first-order valence-corrected chi connectivity index (χ1v) is 3.47. The molecule has 2 aliphatic heterocycles. The summed E-state index contributed by atoms with van der Waals surface area (Å²) < 4.78 is 0. The second-order valence-electron chi connectivity index (χ2n) is 2.48. The van der Waals surface area contributed by atoms with E-state index in [4.69, 9.17) is 5.11 Å². The summed E-state index contributed by atoms with van der Waals surface area (Å²) in [7, 11) is 0. The van der Waals surface area contributed by atoms with E-state index in [0.29, 0.717) is 0 Å². The highest BCUT2D eigenvalue weighted by atomic mass is 16.4. The van der Waals surface area contributed by atoms with Gasteiger partial charge in [-0.25, -0.2) is 5.43 Å². The number of carboxylic acid groups (broad SMARTS) is 1. The van der Waals surface area contributed by atoms with Crippen LogP contribution < -0.4 is 5.43 Å². The lowest BCUT2D eigenvalue weighted by Gasteiger charge is -2.17. The molecule has 0 aromatic rings. The molecule has 5 heteroatoms. The Balaban J connectivity index is 2.23. The summed E-state index contributed by atoms with van der Waals surface area (Å²) in [5.74, 6) is -0.890. The number of aliphatic imine (C=N–C) groups is 1. The SMILES string of the molecule is O=C(O)C1C=C2C=NC=CN2N1. The van der Waals surface area contributed by atoms with Crippen LogP contribution in [0.1, 0.15) is 0 Å². The summed E-state index contributed by atoms with van der Waals surface area (Å²) in [6.07, 6.45) is 6.48. The summed E-state index contributed by atoms with van der Waals surface area (Å²) in [6, 6.07) is -0.644. The molecule has 0 aromatic heterocycles. The van der Waals surface area contributed by atoms with Crippen LogP contribution in [-0.2, 0) is 4.79 Å². The molecule has 0 saturated carbocycles. The van der Waals surface area contributed by atoms with Crippen molar-refractivity contribution in [1.29, 1.82) is 0 Å². The molecule has 2 heterocycles. The Hall–Kier alpha value is -1.62. The molecule has 2 aliphatic rings. The van der Waals surface area contributed by atoms with Crippen LogP contribution in [0.5, 0.6) is 0 Å². The number of nitrogens with one attached hydrogen (secondary N) is 1. The van der Waals surface area contributed by atoms with Gasteiger partial charge in [-0.1, -0.05) is 0 Å². The predicted molar refractivity (Wildman–Crippen MR) is 42.1 cm³/mol. The lowest BCUT2D eigenvalue weighted by molar-refractivity contribution is -0.138. The molecule has 0 amide bonds. The molecule has 1 unspecified atom stereocenters. The van der Waals surface area contributed by atoms with Crippen LogP contribution >= 0.6 is 0 Å². The van der Waals surface area contributed by atoms with Gasteiger partial charge < -0.3 is 5.11 Å². The summed E-state index contributed by atoms with van der Waals surface area (Å²) in [6.45, 7) is 0. The van der Waals surface area contributed by atoms with Gasteiger partial charge in [0, 0.05) is 12.4 Å². The van der Waals surface area contributed by atoms with Gasteiger partial charge in [-0.3, -0.25) is 14.8 Å². The van der Waals surface area contributed by atoms with Crippen molar-refractivity contribution in [3.05, 3.63) is 24.2 Å². The number of fused-ring (bicyclic) bond motifs is 1. The molecule has 0 aliphatic carbocycles. The summed E-state index contributed by atoms with van der Waals surface area (Å²) in [5, 5.41) is 10.3. The molecule has 0 fully saturated rings. The maximum absolute atomic E-state index is 10.5. The fourth-order valence-corrected chi connectivity index (χ4v) is 1.10. The van der Waals surface area contributed by atoms with Crippen LogP contribution in [0.2, 0.25) is 0 Å². The Kier molecular flexibility index (Phi) is 1.44. The Morgan fingerprint density at radius 1 is 1.75 bits per heavy atom. The topological polar surface area (TPSA) is 64.9 Å². The smallest absolute Gasteiger partial charge is 0.326 e. The largest absolute Gasteiger partial charge is 0.480 e. The van der Waals surface area contributed by atoms with Crippen molar-refractivity contribution < 1.29 is 9.90 Å². The van der Waals surface area contributed by atoms with Crippen LogP contribution in [0.25, 0.3) is 0 Å². The van der Waals surface area contributed by atoms with Gasteiger partial charge in [-0.05, 0) is 6.08 Å². The van der Waals surface area contributed by atoms with Crippen LogP contribution in [0.4, 0.5) is 0 Å². The van der Waals surface area contributed by atoms with Crippen molar-refractivity contribution in [2.45, 2.75) is 6.04 Å². The van der Waals surface area contributed by atoms with E-state index in [0.717, 1.165) is 5.70 Å². The number of carboxylic acids is 1. The maximum Gasteiger partial charge on any atom is 0.326 e. The normalized spacial score (nSPS) is 25.5. The molecule has 0 radical (unpaired) electrons. The van der Waals surface area contributed by atoms with Gasteiger partial charge in [-0.15, -0.1) is 0 Å². The van der Waals surface area contributed by atoms with E-state index in [1.165, 1.54) is 0 Å². The minimum Gasteiger partial charge on any atom is -0.480 e. The van der Waals surface area contributed by atoms with Gasteiger partial charge in [0.1, 0.15) is 6.04 Å². The molecule has 0 spiro atoms. The number of allylic oxidation sites excluding steroid dienone is 1. The molecule has 12 heavy (non-hydrogen) atoms. The quantitative estimate of drug-likeness (QED) is 0.559. The van der Waals surface area contributed by atoms with Gasteiger partial charge in [-0.2, -0.15) is 0 Å². The first-order chi connectivity index (χ1) is 5.77. The summed E-state index contributed by atoms with van der Waals surface area (Å²) >= 11 is 0. The monoisotopic (exact) mass is 165 g/mol. The molecule has 0 bridgehead atoms. The Morgan fingerprint density at radius 3 is 3.25 bits per heavy atom. The number of aliphatic carboxylic acids is 1. The van der Waals surface area contributed by atoms with Crippen LogP contribution in [0, 0.1) is 0 Å². The van der Waals surface area contributed by atoms with E-state index in [-0.39, 0.29) is 0 Å². The Bertz CT molecular complexity index is 306. The van der Waals surface area contributed by atoms with E-state index < -0.39 is 12.0 Å². The molecular weight excluding hydrogens is 158 g/mol. The summed E-state index contributed by atoms with van der Waals surface area (Å²) in [4.78, 5) is 14.4. The number of hydrazine groups is 1. The van der Waals surface area contributed by atoms with E-state index >= 15 is 0 Å².